The average Bonchev–Trinajstić information content (AvgIpc) is 2.42. The van der Waals surface area contributed by atoms with Crippen molar-refractivity contribution in [1.29, 1.82) is 0 Å². The number of halogens is 3. The van der Waals surface area contributed by atoms with Gasteiger partial charge in [0.15, 0.2) is 0 Å². The summed E-state index contributed by atoms with van der Waals surface area (Å²) >= 11 is 3.08. The Bertz CT molecular complexity index is 468. The Kier molecular flexibility index (Phi) is 6.06. The van der Waals surface area contributed by atoms with Crippen LogP contribution in [0.3, 0.4) is 0 Å². The molecule has 2 unspecified atom stereocenters. The quantitative estimate of drug-likeness (QED) is 0.471. The fraction of sp³-hybridized carbons (Fsp3) is 0.571. The molecule has 0 amide bonds. The van der Waals surface area contributed by atoms with E-state index in [4.69, 9.17) is 5.84 Å². The van der Waals surface area contributed by atoms with Gasteiger partial charge in [-0.1, -0.05) is 6.92 Å². The van der Waals surface area contributed by atoms with Crippen LogP contribution < -0.4 is 11.3 Å². The third-order valence-corrected chi connectivity index (χ3v) is 4.85. The van der Waals surface area contributed by atoms with E-state index in [1.54, 1.807) is 0 Å². The van der Waals surface area contributed by atoms with Crippen LogP contribution in [0.2, 0.25) is 0 Å². The van der Waals surface area contributed by atoms with E-state index in [0.717, 1.165) is 6.42 Å². The molecule has 0 bridgehead atoms. The Morgan fingerprint density at radius 3 is 2.45 bits per heavy atom. The van der Waals surface area contributed by atoms with Crippen LogP contribution in [0, 0.1) is 11.6 Å². The van der Waals surface area contributed by atoms with Gasteiger partial charge in [0.05, 0.1) is 4.47 Å². The number of benzene rings is 1. The molecule has 0 spiro atoms. The van der Waals surface area contributed by atoms with Gasteiger partial charge in [-0.2, -0.15) is 0 Å². The maximum atomic E-state index is 14.1. The van der Waals surface area contributed by atoms with E-state index in [1.165, 1.54) is 12.1 Å². The first-order chi connectivity index (χ1) is 9.27. The Labute approximate surface area is 127 Å². The lowest BCUT2D eigenvalue weighted by Gasteiger charge is -2.42. The molecule has 0 heterocycles. The van der Waals surface area contributed by atoms with Crippen molar-refractivity contribution in [2.75, 3.05) is 14.1 Å². The number of rotatable bonds is 6. The van der Waals surface area contributed by atoms with Crippen molar-refractivity contribution in [1.82, 2.24) is 10.3 Å². The molecular formula is C14H22BrF2N3. The number of likely N-dealkylation sites (N-methyl/N-ethyl adjacent to an activating group) is 1. The fourth-order valence-corrected chi connectivity index (χ4v) is 2.66. The number of nitrogens with one attached hydrogen (secondary N) is 1. The van der Waals surface area contributed by atoms with Gasteiger partial charge in [-0.15, -0.1) is 0 Å². The van der Waals surface area contributed by atoms with Gasteiger partial charge in [-0.3, -0.25) is 11.3 Å². The van der Waals surface area contributed by atoms with Gasteiger partial charge in [-0.25, -0.2) is 8.78 Å². The molecule has 0 aliphatic rings. The molecule has 1 rings (SSSR count). The molecule has 2 atom stereocenters. The summed E-state index contributed by atoms with van der Waals surface area (Å²) in [6.45, 7) is 4.04. The van der Waals surface area contributed by atoms with Crippen LogP contribution in [0.4, 0.5) is 8.78 Å². The highest BCUT2D eigenvalue weighted by Crippen LogP contribution is 2.28. The van der Waals surface area contributed by atoms with Crippen molar-refractivity contribution in [3.05, 3.63) is 33.8 Å². The zero-order valence-corrected chi connectivity index (χ0v) is 13.9. The smallest absolute Gasteiger partial charge is 0.143 e. The molecule has 0 radical (unpaired) electrons. The van der Waals surface area contributed by atoms with Crippen LogP contribution in [0.25, 0.3) is 0 Å². The first kappa shape index (κ1) is 17.5. The van der Waals surface area contributed by atoms with Crippen molar-refractivity contribution in [3.63, 3.8) is 0 Å². The van der Waals surface area contributed by atoms with E-state index in [9.17, 15) is 8.78 Å². The average molecular weight is 350 g/mol. The number of hydrogen-bond acceptors (Lipinski definition) is 3. The second kappa shape index (κ2) is 6.93. The highest BCUT2D eigenvalue weighted by Gasteiger charge is 2.35. The molecule has 0 saturated heterocycles. The molecule has 1 aromatic rings. The minimum absolute atomic E-state index is 0.0452. The van der Waals surface area contributed by atoms with E-state index in [1.807, 2.05) is 32.8 Å². The summed E-state index contributed by atoms with van der Waals surface area (Å²) in [6.07, 6.45) is 0.974. The lowest BCUT2D eigenvalue weighted by molar-refractivity contribution is 0.111. The monoisotopic (exact) mass is 349 g/mol. The molecule has 0 fully saturated rings. The van der Waals surface area contributed by atoms with Gasteiger partial charge in [0, 0.05) is 17.1 Å². The molecule has 20 heavy (non-hydrogen) atoms. The topological polar surface area (TPSA) is 41.3 Å². The van der Waals surface area contributed by atoms with E-state index in [-0.39, 0.29) is 28.0 Å². The number of hydrazine groups is 1. The van der Waals surface area contributed by atoms with Crippen molar-refractivity contribution in [2.45, 2.75) is 38.3 Å². The Hall–Kier alpha value is -0.560. The Balaban J connectivity index is 3.15. The minimum Gasteiger partial charge on any atom is -0.302 e. The van der Waals surface area contributed by atoms with Gasteiger partial charge in [0.2, 0.25) is 0 Å². The SMILES string of the molecule is CCC(C)(C(Cc1c(F)ccc(Br)c1F)NN)N(C)C. The zero-order valence-electron chi connectivity index (χ0n) is 12.3. The minimum atomic E-state index is -0.567. The van der Waals surface area contributed by atoms with Gasteiger partial charge in [-0.05, 0) is 61.9 Å². The molecule has 0 aromatic heterocycles. The molecule has 0 aliphatic carbocycles. The Morgan fingerprint density at radius 2 is 2.00 bits per heavy atom. The first-order valence-corrected chi connectivity index (χ1v) is 7.33. The molecule has 0 saturated carbocycles. The second-order valence-electron chi connectivity index (χ2n) is 5.35. The fourth-order valence-electron chi connectivity index (χ4n) is 2.29. The predicted molar refractivity (Wildman–Crippen MR) is 81.3 cm³/mol. The number of nitrogens with zero attached hydrogens (tertiary/aromatic N) is 1. The normalized spacial score (nSPS) is 16.2. The summed E-state index contributed by atoms with van der Waals surface area (Å²) in [5.41, 5.74) is 2.44. The van der Waals surface area contributed by atoms with Gasteiger partial charge < -0.3 is 4.90 Å². The maximum absolute atomic E-state index is 14.1. The van der Waals surface area contributed by atoms with Crippen LogP contribution in [-0.2, 0) is 6.42 Å². The van der Waals surface area contributed by atoms with Gasteiger partial charge in [0.25, 0.3) is 0 Å². The maximum Gasteiger partial charge on any atom is 0.143 e. The first-order valence-electron chi connectivity index (χ1n) is 6.53. The van der Waals surface area contributed by atoms with E-state index in [2.05, 4.69) is 21.4 Å². The van der Waals surface area contributed by atoms with Crippen LogP contribution >= 0.6 is 15.9 Å². The summed E-state index contributed by atoms with van der Waals surface area (Å²) in [7, 11) is 3.86. The second-order valence-corrected chi connectivity index (χ2v) is 6.20. The predicted octanol–water partition coefficient (Wildman–Crippen LogP) is 2.83. The third kappa shape index (κ3) is 3.36. The zero-order chi connectivity index (χ0) is 15.5. The highest BCUT2D eigenvalue weighted by atomic mass is 79.9. The summed E-state index contributed by atoms with van der Waals surface area (Å²) < 4.78 is 28.2. The van der Waals surface area contributed by atoms with Crippen molar-refractivity contribution < 1.29 is 8.78 Å². The number of nitrogens with two attached hydrogens (primary N) is 1. The van der Waals surface area contributed by atoms with Gasteiger partial charge in [0.1, 0.15) is 11.6 Å². The Morgan fingerprint density at radius 1 is 1.40 bits per heavy atom. The molecule has 3 N–H and O–H groups in total. The van der Waals surface area contributed by atoms with Gasteiger partial charge >= 0.3 is 0 Å². The standard InChI is InChI=1S/C14H22BrF2N3/c1-5-14(2,20(3)4)12(19-18)8-9-11(16)7-6-10(15)13(9)17/h6-7,12,19H,5,8,18H2,1-4H3. The lowest BCUT2D eigenvalue weighted by atomic mass is 9.84. The largest absolute Gasteiger partial charge is 0.302 e. The summed E-state index contributed by atoms with van der Waals surface area (Å²) in [5.74, 6) is 4.51. The van der Waals surface area contributed by atoms with Crippen LogP contribution in [0.1, 0.15) is 25.8 Å². The van der Waals surface area contributed by atoms with E-state index in [0.29, 0.717) is 0 Å². The van der Waals surface area contributed by atoms with Crippen molar-refractivity contribution >= 4 is 15.9 Å². The molecule has 1 aromatic carbocycles. The van der Waals surface area contributed by atoms with E-state index < -0.39 is 11.6 Å². The molecule has 114 valence electrons. The van der Waals surface area contributed by atoms with Crippen LogP contribution in [0.5, 0.6) is 0 Å². The van der Waals surface area contributed by atoms with E-state index >= 15 is 0 Å². The number of hydrogen-bond donors (Lipinski definition) is 2. The summed E-state index contributed by atoms with van der Waals surface area (Å²) in [5, 5.41) is 0. The summed E-state index contributed by atoms with van der Waals surface area (Å²) in [6, 6.07) is 2.35. The lowest BCUT2D eigenvalue weighted by Crippen LogP contribution is -2.59. The summed E-state index contributed by atoms with van der Waals surface area (Å²) in [4.78, 5) is 2.02. The van der Waals surface area contributed by atoms with Crippen LogP contribution in [0.15, 0.2) is 16.6 Å². The third-order valence-electron chi connectivity index (χ3n) is 4.24. The van der Waals surface area contributed by atoms with Crippen LogP contribution in [-0.4, -0.2) is 30.6 Å². The molecule has 3 nitrogen and oxygen atoms in total. The molecule has 6 heteroatoms. The van der Waals surface area contributed by atoms with Crippen molar-refractivity contribution in [3.8, 4) is 0 Å². The van der Waals surface area contributed by atoms with Crippen molar-refractivity contribution in [2.24, 2.45) is 5.84 Å². The highest BCUT2D eigenvalue weighted by molar-refractivity contribution is 9.10. The molecule has 0 aliphatic heterocycles. The molecular weight excluding hydrogens is 328 g/mol.